The number of rotatable bonds is 6. The normalized spacial score (nSPS) is 12.7. The van der Waals surface area contributed by atoms with Gasteiger partial charge in [-0.3, -0.25) is 9.59 Å². The Kier molecular flexibility index (Phi) is 6.95. The zero-order chi connectivity index (χ0) is 23.4. The van der Waals surface area contributed by atoms with E-state index in [9.17, 15) is 35.9 Å². The highest BCUT2D eigenvalue weighted by Gasteiger charge is 2.37. The van der Waals surface area contributed by atoms with Crippen LogP contribution < -0.4 is 11.1 Å². The molecule has 0 unspecified atom stereocenters. The van der Waals surface area contributed by atoms with Gasteiger partial charge in [0.2, 0.25) is 11.8 Å². The van der Waals surface area contributed by atoms with Crippen LogP contribution >= 0.6 is 0 Å². The van der Waals surface area contributed by atoms with Crippen LogP contribution in [-0.2, 0) is 34.8 Å². The van der Waals surface area contributed by atoms with E-state index in [-0.39, 0.29) is 18.1 Å². The molecule has 5 nitrogen and oxygen atoms in total. The van der Waals surface area contributed by atoms with Gasteiger partial charge in [0.25, 0.3) is 0 Å². The Hall–Kier alpha value is -3.55. The van der Waals surface area contributed by atoms with Gasteiger partial charge >= 0.3 is 12.4 Å². The Morgan fingerprint density at radius 1 is 0.968 bits per heavy atom. The molecule has 2 aromatic carbocycles. The second-order valence-electron chi connectivity index (χ2n) is 6.63. The van der Waals surface area contributed by atoms with Crippen LogP contribution in [0, 0.1) is 11.3 Å². The summed E-state index contributed by atoms with van der Waals surface area (Å²) in [6.07, 6.45) is -11.1. The van der Waals surface area contributed by atoms with Crippen LogP contribution in [0.25, 0.3) is 0 Å². The molecule has 0 saturated heterocycles. The van der Waals surface area contributed by atoms with Crippen molar-refractivity contribution in [3.05, 3.63) is 70.3 Å². The molecule has 2 aromatic rings. The molecule has 0 heterocycles. The minimum atomic E-state index is -5.05. The molecule has 2 amide bonds. The first kappa shape index (κ1) is 23.7. The first-order valence-corrected chi connectivity index (χ1v) is 8.65. The molecule has 1 atom stereocenters. The third kappa shape index (κ3) is 6.74. The molecular weight excluding hydrogens is 428 g/mol. The summed E-state index contributed by atoms with van der Waals surface area (Å²) in [4.78, 5) is 23.9. The first-order chi connectivity index (χ1) is 14.3. The van der Waals surface area contributed by atoms with Gasteiger partial charge in [0.1, 0.15) is 6.04 Å². The van der Waals surface area contributed by atoms with Gasteiger partial charge in [-0.15, -0.1) is 0 Å². The Bertz CT molecular complexity index is 993. The summed E-state index contributed by atoms with van der Waals surface area (Å²) in [5.41, 5.74) is 2.37. The molecule has 0 aromatic heterocycles. The Morgan fingerprint density at radius 2 is 1.55 bits per heavy atom. The maximum absolute atomic E-state index is 12.9. The minimum absolute atomic E-state index is 0.0458. The molecule has 0 radical (unpaired) electrons. The average molecular weight is 443 g/mol. The molecule has 0 saturated carbocycles. The molecule has 0 aliphatic heterocycles. The van der Waals surface area contributed by atoms with E-state index >= 15 is 0 Å². The lowest BCUT2D eigenvalue weighted by molar-refractivity contribution is -0.143. The minimum Gasteiger partial charge on any atom is -0.368 e. The van der Waals surface area contributed by atoms with Crippen molar-refractivity contribution >= 4 is 11.8 Å². The second-order valence-corrected chi connectivity index (χ2v) is 6.63. The molecule has 164 valence electrons. The summed E-state index contributed by atoms with van der Waals surface area (Å²) in [5, 5.41) is 11.1. The number of carbonyl (C=O) groups excluding carboxylic acids is 2. The molecule has 2 rings (SSSR count). The number of nitrogens with zero attached hydrogens (tertiary/aromatic N) is 1. The number of carbonyl (C=O) groups is 2. The fourth-order valence-corrected chi connectivity index (χ4v) is 2.78. The summed E-state index contributed by atoms with van der Waals surface area (Å²) < 4.78 is 77.6. The van der Waals surface area contributed by atoms with Gasteiger partial charge in [0, 0.05) is 6.42 Å². The van der Waals surface area contributed by atoms with Crippen molar-refractivity contribution in [3.8, 4) is 6.07 Å². The van der Waals surface area contributed by atoms with E-state index in [2.05, 4.69) is 5.32 Å². The van der Waals surface area contributed by atoms with Crippen molar-refractivity contribution in [2.75, 3.05) is 0 Å². The summed E-state index contributed by atoms with van der Waals surface area (Å²) in [6.45, 7) is 0. The number of benzene rings is 2. The fraction of sp³-hybridized carbons (Fsp3) is 0.250. The Labute approximate surface area is 172 Å². The number of primary amides is 1. The second kappa shape index (κ2) is 9.07. The Balaban J connectivity index is 2.22. The van der Waals surface area contributed by atoms with Gasteiger partial charge in [-0.1, -0.05) is 12.1 Å². The van der Waals surface area contributed by atoms with Crippen molar-refractivity contribution in [1.29, 1.82) is 5.26 Å². The van der Waals surface area contributed by atoms with Crippen LogP contribution in [0.5, 0.6) is 0 Å². The van der Waals surface area contributed by atoms with E-state index in [0.29, 0.717) is 17.7 Å². The molecule has 0 fully saturated rings. The van der Waals surface area contributed by atoms with Gasteiger partial charge in [0.15, 0.2) is 0 Å². The number of halogens is 6. The van der Waals surface area contributed by atoms with E-state index in [1.54, 1.807) is 6.07 Å². The quantitative estimate of drug-likeness (QED) is 0.671. The van der Waals surface area contributed by atoms with Crippen LogP contribution in [0.3, 0.4) is 0 Å². The summed E-state index contributed by atoms with van der Waals surface area (Å²) in [7, 11) is 0. The van der Waals surface area contributed by atoms with Gasteiger partial charge < -0.3 is 11.1 Å². The van der Waals surface area contributed by atoms with Gasteiger partial charge in [0.05, 0.1) is 29.2 Å². The van der Waals surface area contributed by atoms with Crippen molar-refractivity contribution in [1.82, 2.24) is 5.32 Å². The molecule has 0 aliphatic carbocycles. The molecule has 3 N–H and O–H groups in total. The SMILES string of the molecule is N#Cc1cccc(C[C@@H](NC(=O)Cc2cc(C(F)(F)F)cc(C(F)(F)F)c2)C(N)=O)c1. The van der Waals surface area contributed by atoms with Gasteiger partial charge in [-0.05, 0) is 41.5 Å². The van der Waals surface area contributed by atoms with Crippen molar-refractivity contribution in [3.63, 3.8) is 0 Å². The van der Waals surface area contributed by atoms with Crippen molar-refractivity contribution in [2.24, 2.45) is 5.73 Å². The third-order valence-corrected chi connectivity index (χ3v) is 4.19. The summed E-state index contributed by atoms with van der Waals surface area (Å²) in [5.74, 6) is -1.96. The lowest BCUT2D eigenvalue weighted by atomic mass is 10.0. The summed E-state index contributed by atoms with van der Waals surface area (Å²) in [6, 6.07) is 7.49. The predicted octanol–water partition coefficient (Wildman–Crippen LogP) is 3.35. The van der Waals surface area contributed by atoms with Crippen LogP contribution in [-0.4, -0.2) is 17.9 Å². The number of nitrogens with two attached hydrogens (primary N) is 1. The van der Waals surface area contributed by atoms with E-state index in [4.69, 9.17) is 11.0 Å². The number of nitriles is 1. The smallest absolute Gasteiger partial charge is 0.368 e. The third-order valence-electron chi connectivity index (χ3n) is 4.19. The van der Waals surface area contributed by atoms with Gasteiger partial charge in [-0.25, -0.2) is 0 Å². The Morgan fingerprint density at radius 3 is 2.03 bits per heavy atom. The molecule has 0 aliphatic rings. The van der Waals surface area contributed by atoms with E-state index < -0.39 is 53.3 Å². The average Bonchev–Trinajstić information content (AvgIpc) is 2.66. The van der Waals surface area contributed by atoms with Gasteiger partial charge in [-0.2, -0.15) is 31.6 Å². The maximum Gasteiger partial charge on any atom is 0.416 e. The van der Waals surface area contributed by atoms with Crippen molar-refractivity contribution in [2.45, 2.75) is 31.2 Å². The number of nitrogens with one attached hydrogen (secondary N) is 1. The molecule has 11 heteroatoms. The first-order valence-electron chi connectivity index (χ1n) is 8.65. The predicted molar refractivity (Wildman–Crippen MR) is 96.1 cm³/mol. The van der Waals surface area contributed by atoms with E-state index in [1.165, 1.54) is 18.2 Å². The van der Waals surface area contributed by atoms with Crippen LogP contribution in [0.2, 0.25) is 0 Å². The fourth-order valence-electron chi connectivity index (χ4n) is 2.78. The van der Waals surface area contributed by atoms with Crippen LogP contribution in [0.1, 0.15) is 27.8 Å². The monoisotopic (exact) mass is 443 g/mol. The zero-order valence-electron chi connectivity index (χ0n) is 15.6. The van der Waals surface area contributed by atoms with Crippen LogP contribution in [0.4, 0.5) is 26.3 Å². The maximum atomic E-state index is 12.9. The van der Waals surface area contributed by atoms with Crippen LogP contribution in [0.15, 0.2) is 42.5 Å². The molecular formula is C20H15F6N3O2. The topological polar surface area (TPSA) is 96.0 Å². The molecule has 0 spiro atoms. The molecule has 31 heavy (non-hydrogen) atoms. The number of alkyl halides is 6. The highest BCUT2D eigenvalue weighted by molar-refractivity contribution is 5.87. The van der Waals surface area contributed by atoms with E-state index in [0.717, 1.165) is 0 Å². The molecule has 0 bridgehead atoms. The highest BCUT2D eigenvalue weighted by Crippen LogP contribution is 2.36. The number of hydrogen-bond acceptors (Lipinski definition) is 3. The van der Waals surface area contributed by atoms with Crippen molar-refractivity contribution < 1.29 is 35.9 Å². The standard InChI is InChI=1S/C20H15F6N3O2/c21-19(22,23)14-5-13(6-15(9-14)20(24,25)26)8-17(30)29-16(18(28)31)7-11-2-1-3-12(4-11)10-27/h1-6,9,16H,7-8H2,(H2,28,31)(H,29,30)/t16-/m1/s1. The number of amides is 2. The zero-order valence-corrected chi connectivity index (χ0v) is 15.6. The highest BCUT2D eigenvalue weighted by atomic mass is 19.4. The number of hydrogen-bond donors (Lipinski definition) is 2. The lowest BCUT2D eigenvalue weighted by Gasteiger charge is -2.17. The largest absolute Gasteiger partial charge is 0.416 e. The summed E-state index contributed by atoms with van der Waals surface area (Å²) >= 11 is 0. The lowest BCUT2D eigenvalue weighted by Crippen LogP contribution is -2.46. The van der Waals surface area contributed by atoms with E-state index in [1.807, 2.05) is 6.07 Å².